The van der Waals surface area contributed by atoms with E-state index in [0.29, 0.717) is 12.0 Å². The molecule has 1 aromatic rings. The van der Waals surface area contributed by atoms with Gasteiger partial charge in [0.05, 0.1) is 6.61 Å². The quantitative estimate of drug-likeness (QED) is 0.839. The monoisotopic (exact) mass is 239 g/mol. The van der Waals surface area contributed by atoms with Crippen LogP contribution < -0.4 is 4.74 Å². The molecule has 1 amide bonds. The fraction of sp³-hybridized carbons (Fsp3) is 0.417. The van der Waals surface area contributed by atoms with Gasteiger partial charge < -0.3 is 14.7 Å². The first kappa shape index (κ1) is 11.9. The summed E-state index contributed by atoms with van der Waals surface area (Å²) < 4.78 is 18.7. The Labute approximate surface area is 98.6 Å². The predicted molar refractivity (Wildman–Crippen MR) is 59.2 cm³/mol. The number of benzene rings is 1. The molecule has 1 N–H and O–H groups in total. The van der Waals surface area contributed by atoms with Crippen LogP contribution in [0, 0.1) is 5.82 Å². The summed E-state index contributed by atoms with van der Waals surface area (Å²) in [5.41, 5.74) is 0.709. The van der Waals surface area contributed by atoms with Crippen molar-refractivity contribution in [1.82, 2.24) is 4.90 Å². The van der Waals surface area contributed by atoms with E-state index >= 15 is 0 Å². The number of aliphatic hydroxyl groups excluding tert-OH is 1. The molecule has 0 bridgehead atoms. The molecule has 1 aliphatic rings. The highest BCUT2D eigenvalue weighted by atomic mass is 19.1. The highest BCUT2D eigenvalue weighted by molar-refractivity contribution is 5.82. The lowest BCUT2D eigenvalue weighted by atomic mass is 10.1. The van der Waals surface area contributed by atoms with Crippen molar-refractivity contribution in [3.05, 3.63) is 29.6 Å². The molecule has 0 saturated heterocycles. The molecule has 0 aliphatic carbocycles. The highest BCUT2D eigenvalue weighted by Crippen LogP contribution is 2.31. The summed E-state index contributed by atoms with van der Waals surface area (Å²) in [6.07, 6.45) is -0.305. The summed E-state index contributed by atoms with van der Waals surface area (Å²) >= 11 is 0. The minimum Gasteiger partial charge on any atom is -0.477 e. The summed E-state index contributed by atoms with van der Waals surface area (Å²) in [7, 11) is 1.58. The summed E-state index contributed by atoms with van der Waals surface area (Å²) in [5, 5.41) is 8.75. The van der Waals surface area contributed by atoms with Crippen LogP contribution >= 0.6 is 0 Å². The van der Waals surface area contributed by atoms with E-state index in [0.717, 1.165) is 0 Å². The van der Waals surface area contributed by atoms with Crippen LogP contribution in [-0.4, -0.2) is 42.2 Å². The van der Waals surface area contributed by atoms with Crippen molar-refractivity contribution < 1.29 is 19.0 Å². The van der Waals surface area contributed by atoms with Gasteiger partial charge in [0.15, 0.2) is 17.7 Å². The van der Waals surface area contributed by atoms with Crippen molar-refractivity contribution in [3.8, 4) is 5.75 Å². The number of para-hydroxylation sites is 1. The van der Waals surface area contributed by atoms with Gasteiger partial charge in [0.2, 0.25) is 0 Å². The van der Waals surface area contributed by atoms with Crippen LogP contribution in [0.1, 0.15) is 5.56 Å². The van der Waals surface area contributed by atoms with Crippen LogP contribution in [0.25, 0.3) is 0 Å². The van der Waals surface area contributed by atoms with E-state index in [9.17, 15) is 9.18 Å². The number of carbonyl (C=O) groups is 1. The average molecular weight is 239 g/mol. The maximum absolute atomic E-state index is 13.4. The number of fused-ring (bicyclic) bond motifs is 1. The lowest BCUT2D eigenvalue weighted by Gasteiger charge is -2.19. The zero-order valence-electron chi connectivity index (χ0n) is 9.52. The lowest BCUT2D eigenvalue weighted by Crippen LogP contribution is -2.40. The van der Waals surface area contributed by atoms with Crippen LogP contribution in [0.4, 0.5) is 4.39 Å². The fourth-order valence-corrected chi connectivity index (χ4v) is 1.87. The van der Waals surface area contributed by atoms with E-state index in [1.54, 1.807) is 19.2 Å². The topological polar surface area (TPSA) is 49.8 Å². The number of hydrogen-bond acceptors (Lipinski definition) is 3. The van der Waals surface area contributed by atoms with Crippen molar-refractivity contribution >= 4 is 5.91 Å². The molecule has 1 heterocycles. The fourth-order valence-electron chi connectivity index (χ4n) is 1.87. The second-order valence-electron chi connectivity index (χ2n) is 4.02. The van der Waals surface area contributed by atoms with E-state index in [1.165, 1.54) is 11.0 Å². The van der Waals surface area contributed by atoms with Gasteiger partial charge >= 0.3 is 0 Å². The van der Waals surface area contributed by atoms with Gasteiger partial charge in [-0.25, -0.2) is 4.39 Å². The molecule has 4 nitrogen and oxygen atoms in total. The first-order valence-electron chi connectivity index (χ1n) is 5.43. The minimum absolute atomic E-state index is 0.101. The van der Waals surface area contributed by atoms with Gasteiger partial charge in [0, 0.05) is 25.6 Å². The molecule has 0 spiro atoms. The Hall–Kier alpha value is -1.62. The van der Waals surface area contributed by atoms with Crippen LogP contribution in [-0.2, 0) is 11.2 Å². The smallest absolute Gasteiger partial charge is 0.263 e. The van der Waals surface area contributed by atoms with Gasteiger partial charge in [0.1, 0.15) is 0 Å². The second-order valence-corrected chi connectivity index (χ2v) is 4.02. The number of carbonyl (C=O) groups excluding carboxylic acids is 1. The number of aliphatic hydroxyl groups is 1. The molecule has 92 valence electrons. The Kier molecular flexibility index (Phi) is 3.28. The number of hydrogen-bond donors (Lipinski definition) is 1. The van der Waals surface area contributed by atoms with Crippen LogP contribution in [0.2, 0.25) is 0 Å². The second kappa shape index (κ2) is 4.71. The largest absolute Gasteiger partial charge is 0.477 e. The number of halogens is 1. The standard InChI is InChI=1S/C12H14FNO3/c1-14(5-6-15)12(16)10-7-8-3-2-4-9(13)11(8)17-10/h2-4,10,15H,5-7H2,1H3. The maximum Gasteiger partial charge on any atom is 0.263 e. The normalized spacial score (nSPS) is 17.5. The molecule has 0 aromatic heterocycles. The van der Waals surface area contributed by atoms with Crippen LogP contribution in [0.3, 0.4) is 0 Å². The molecule has 2 rings (SSSR count). The summed E-state index contributed by atoms with van der Waals surface area (Å²) in [6, 6.07) is 4.66. The number of likely N-dealkylation sites (N-methyl/N-ethyl adjacent to an activating group) is 1. The van der Waals surface area contributed by atoms with E-state index in [4.69, 9.17) is 9.84 Å². The van der Waals surface area contributed by atoms with Gasteiger partial charge in [-0.2, -0.15) is 0 Å². The van der Waals surface area contributed by atoms with Gasteiger partial charge in [0.25, 0.3) is 5.91 Å². The molecule has 0 fully saturated rings. The van der Waals surface area contributed by atoms with E-state index < -0.39 is 11.9 Å². The third kappa shape index (κ3) is 2.24. The van der Waals surface area contributed by atoms with Gasteiger partial charge in [-0.15, -0.1) is 0 Å². The Bertz CT molecular complexity index is 436. The van der Waals surface area contributed by atoms with Gasteiger partial charge in [-0.1, -0.05) is 12.1 Å². The lowest BCUT2D eigenvalue weighted by molar-refractivity contribution is -0.137. The van der Waals surface area contributed by atoms with Crippen molar-refractivity contribution in [2.24, 2.45) is 0 Å². The molecular formula is C12H14FNO3. The molecule has 1 aliphatic heterocycles. The Morgan fingerprint density at radius 3 is 3.06 bits per heavy atom. The predicted octanol–water partition coefficient (Wildman–Crippen LogP) is 0.580. The molecule has 0 saturated carbocycles. The van der Waals surface area contributed by atoms with Crippen molar-refractivity contribution in [3.63, 3.8) is 0 Å². The Balaban J connectivity index is 2.10. The van der Waals surface area contributed by atoms with Crippen molar-refractivity contribution in [2.75, 3.05) is 20.2 Å². The number of amides is 1. The minimum atomic E-state index is -0.682. The summed E-state index contributed by atoms with van der Waals surface area (Å²) in [6.45, 7) is 0.147. The van der Waals surface area contributed by atoms with E-state index in [1.807, 2.05) is 0 Å². The summed E-state index contributed by atoms with van der Waals surface area (Å²) in [5.74, 6) is -0.513. The maximum atomic E-state index is 13.4. The van der Waals surface area contributed by atoms with Gasteiger partial charge in [-0.3, -0.25) is 4.79 Å². The molecule has 0 radical (unpaired) electrons. The molecule has 5 heteroatoms. The van der Waals surface area contributed by atoms with Crippen LogP contribution in [0.15, 0.2) is 18.2 Å². The molecule has 1 atom stereocenters. The first-order chi connectivity index (χ1) is 8.13. The first-order valence-corrected chi connectivity index (χ1v) is 5.43. The molecule has 17 heavy (non-hydrogen) atoms. The van der Waals surface area contributed by atoms with E-state index in [2.05, 4.69) is 0 Å². The molecular weight excluding hydrogens is 225 g/mol. The van der Waals surface area contributed by atoms with Gasteiger partial charge in [-0.05, 0) is 6.07 Å². The SMILES string of the molecule is CN(CCO)C(=O)C1Cc2cccc(F)c2O1. The van der Waals surface area contributed by atoms with Crippen molar-refractivity contribution in [2.45, 2.75) is 12.5 Å². The Morgan fingerprint density at radius 2 is 2.41 bits per heavy atom. The highest BCUT2D eigenvalue weighted by Gasteiger charge is 2.32. The Morgan fingerprint density at radius 1 is 1.65 bits per heavy atom. The van der Waals surface area contributed by atoms with E-state index in [-0.39, 0.29) is 24.8 Å². The molecule has 1 unspecified atom stereocenters. The average Bonchev–Trinajstić information content (AvgIpc) is 2.73. The number of nitrogens with zero attached hydrogens (tertiary/aromatic N) is 1. The zero-order valence-corrected chi connectivity index (χ0v) is 9.52. The van der Waals surface area contributed by atoms with Crippen molar-refractivity contribution in [1.29, 1.82) is 0 Å². The molecule has 1 aromatic carbocycles. The number of rotatable bonds is 3. The third-order valence-corrected chi connectivity index (χ3v) is 2.80. The number of ether oxygens (including phenoxy) is 1. The third-order valence-electron chi connectivity index (χ3n) is 2.80. The van der Waals surface area contributed by atoms with Crippen LogP contribution in [0.5, 0.6) is 5.75 Å². The zero-order chi connectivity index (χ0) is 12.4. The summed E-state index contributed by atoms with van der Waals surface area (Å²) in [4.78, 5) is 13.3.